The number of hydrogen-bond acceptors (Lipinski definition) is 4. The highest BCUT2D eigenvalue weighted by molar-refractivity contribution is 5.89. The van der Waals surface area contributed by atoms with Crippen LogP contribution >= 0.6 is 0 Å². The summed E-state index contributed by atoms with van der Waals surface area (Å²) in [6, 6.07) is 0. The molecule has 0 saturated carbocycles. The fraction of sp³-hybridized carbons (Fsp3) is 0.438. The lowest BCUT2D eigenvalue weighted by atomic mass is 9.86. The van der Waals surface area contributed by atoms with Gasteiger partial charge in [-0.1, -0.05) is 6.58 Å². The van der Waals surface area contributed by atoms with Crippen LogP contribution in [0.15, 0.2) is 12.2 Å². The Morgan fingerprint density at radius 2 is 1.60 bits per heavy atom. The zero-order valence-electron chi connectivity index (χ0n) is 12.5. The van der Waals surface area contributed by atoms with Crippen molar-refractivity contribution in [3.63, 3.8) is 0 Å². The van der Waals surface area contributed by atoms with Crippen molar-refractivity contribution in [3.05, 3.63) is 45.5 Å². The predicted octanol–water partition coefficient (Wildman–Crippen LogP) is 2.71. The second-order valence-corrected chi connectivity index (χ2v) is 5.21. The van der Waals surface area contributed by atoms with Gasteiger partial charge in [-0.05, 0) is 55.5 Å². The fourth-order valence-electron chi connectivity index (χ4n) is 2.79. The Labute approximate surface area is 119 Å². The number of esters is 1. The van der Waals surface area contributed by atoms with Crippen LogP contribution in [0.5, 0.6) is 0 Å². The molecule has 1 aromatic rings. The van der Waals surface area contributed by atoms with Crippen LogP contribution in [0.1, 0.15) is 45.8 Å². The van der Waals surface area contributed by atoms with Crippen molar-refractivity contribution in [2.45, 2.75) is 40.1 Å². The minimum Gasteiger partial charge on any atom is -0.466 e. The van der Waals surface area contributed by atoms with Gasteiger partial charge in [-0.15, -0.1) is 0 Å². The third kappa shape index (κ3) is 1.96. The van der Waals surface area contributed by atoms with Crippen molar-refractivity contribution in [1.82, 2.24) is 0 Å². The molecule has 0 fully saturated rings. The molecule has 2 atom stereocenters. The summed E-state index contributed by atoms with van der Waals surface area (Å²) in [4.78, 5) is 11.7. The number of methoxy groups -OCH3 is 1. The average molecular weight is 276 g/mol. The smallest absolute Gasteiger partial charge is 0.336 e. The van der Waals surface area contributed by atoms with E-state index in [1.165, 1.54) is 7.11 Å². The zero-order valence-corrected chi connectivity index (χ0v) is 12.5. The molecule has 0 aliphatic carbocycles. The second kappa shape index (κ2) is 5.04. The summed E-state index contributed by atoms with van der Waals surface area (Å²) in [7, 11) is 1.30. The molecule has 2 unspecified atom stereocenters. The van der Waals surface area contributed by atoms with Crippen LogP contribution in [0.25, 0.3) is 0 Å². The van der Waals surface area contributed by atoms with Gasteiger partial charge in [0.2, 0.25) is 0 Å². The molecule has 1 N–H and O–H groups in total. The molecular weight excluding hydrogens is 256 g/mol. The van der Waals surface area contributed by atoms with Gasteiger partial charge in [0, 0.05) is 5.56 Å². The van der Waals surface area contributed by atoms with Crippen molar-refractivity contribution in [3.8, 4) is 0 Å². The molecule has 4 nitrogen and oxygen atoms in total. The molecule has 0 spiro atoms. The number of benzene rings is 1. The Bertz CT molecular complexity index is 601. The van der Waals surface area contributed by atoms with Crippen LogP contribution < -0.4 is 0 Å². The van der Waals surface area contributed by atoms with Crippen LogP contribution in [-0.2, 0) is 14.3 Å². The quantitative estimate of drug-likeness (QED) is 0.666. The van der Waals surface area contributed by atoms with Crippen LogP contribution in [-0.4, -0.2) is 18.2 Å². The van der Waals surface area contributed by atoms with E-state index in [-0.39, 0.29) is 5.57 Å². The molecule has 1 aliphatic rings. The Balaban J connectivity index is 2.64. The third-order valence-corrected chi connectivity index (χ3v) is 4.32. The SMILES string of the molecule is C=C(C(=O)OC)C1OC(O)c2c(C)c(C)c(C)c(C)c21. The lowest BCUT2D eigenvalue weighted by Gasteiger charge is -2.18. The molecule has 1 aromatic carbocycles. The molecule has 4 heteroatoms. The van der Waals surface area contributed by atoms with Gasteiger partial charge in [0.05, 0.1) is 12.7 Å². The van der Waals surface area contributed by atoms with E-state index >= 15 is 0 Å². The number of hydrogen-bond donors (Lipinski definition) is 1. The van der Waals surface area contributed by atoms with Gasteiger partial charge in [0.15, 0.2) is 6.29 Å². The Kier molecular flexibility index (Phi) is 3.71. The Hall–Kier alpha value is -1.65. The summed E-state index contributed by atoms with van der Waals surface area (Å²) in [6.07, 6.45) is -1.68. The van der Waals surface area contributed by atoms with E-state index in [0.29, 0.717) is 0 Å². The van der Waals surface area contributed by atoms with E-state index in [1.807, 2.05) is 27.7 Å². The lowest BCUT2D eigenvalue weighted by molar-refractivity contribution is -0.142. The largest absolute Gasteiger partial charge is 0.466 e. The van der Waals surface area contributed by atoms with E-state index in [0.717, 1.165) is 33.4 Å². The van der Waals surface area contributed by atoms with Gasteiger partial charge in [0.25, 0.3) is 0 Å². The first kappa shape index (κ1) is 14.8. The van der Waals surface area contributed by atoms with Gasteiger partial charge >= 0.3 is 5.97 Å². The lowest BCUT2D eigenvalue weighted by Crippen LogP contribution is -2.13. The first-order chi connectivity index (χ1) is 9.31. The van der Waals surface area contributed by atoms with E-state index in [4.69, 9.17) is 9.47 Å². The van der Waals surface area contributed by atoms with Crippen molar-refractivity contribution in [2.24, 2.45) is 0 Å². The highest BCUT2D eigenvalue weighted by Crippen LogP contribution is 2.46. The molecule has 1 aliphatic heterocycles. The van der Waals surface area contributed by atoms with E-state index in [2.05, 4.69) is 6.58 Å². The maximum Gasteiger partial charge on any atom is 0.336 e. The summed E-state index contributed by atoms with van der Waals surface area (Å²) >= 11 is 0. The van der Waals surface area contributed by atoms with Gasteiger partial charge in [-0.2, -0.15) is 0 Å². The number of carbonyl (C=O) groups is 1. The summed E-state index contributed by atoms with van der Waals surface area (Å²) < 4.78 is 10.2. The molecule has 0 radical (unpaired) electrons. The minimum atomic E-state index is -1.03. The number of aliphatic hydroxyl groups is 1. The zero-order chi connectivity index (χ0) is 15.2. The average Bonchev–Trinajstić information content (AvgIpc) is 2.78. The molecule has 0 aromatic heterocycles. The highest BCUT2D eigenvalue weighted by atomic mass is 16.6. The number of rotatable bonds is 2. The van der Waals surface area contributed by atoms with Gasteiger partial charge in [-0.3, -0.25) is 0 Å². The number of ether oxygens (including phenoxy) is 2. The third-order valence-electron chi connectivity index (χ3n) is 4.32. The number of aliphatic hydroxyl groups excluding tert-OH is 1. The fourth-order valence-corrected chi connectivity index (χ4v) is 2.79. The van der Waals surface area contributed by atoms with Gasteiger partial charge < -0.3 is 14.6 Å². The van der Waals surface area contributed by atoms with E-state index < -0.39 is 18.4 Å². The summed E-state index contributed by atoms with van der Waals surface area (Å²) in [5.74, 6) is -0.523. The summed E-state index contributed by atoms with van der Waals surface area (Å²) in [6.45, 7) is 11.7. The van der Waals surface area contributed by atoms with Crippen LogP contribution in [0.3, 0.4) is 0 Å². The normalized spacial score (nSPS) is 20.7. The molecular formula is C16H20O4. The Morgan fingerprint density at radius 1 is 1.10 bits per heavy atom. The predicted molar refractivity (Wildman–Crippen MR) is 75.3 cm³/mol. The van der Waals surface area contributed by atoms with Crippen molar-refractivity contribution < 1.29 is 19.4 Å². The van der Waals surface area contributed by atoms with Gasteiger partial charge in [-0.25, -0.2) is 4.79 Å². The van der Waals surface area contributed by atoms with Crippen LogP contribution in [0.4, 0.5) is 0 Å². The molecule has 0 amide bonds. The second-order valence-electron chi connectivity index (χ2n) is 5.21. The van der Waals surface area contributed by atoms with Crippen molar-refractivity contribution >= 4 is 5.97 Å². The summed E-state index contributed by atoms with van der Waals surface area (Å²) in [5, 5.41) is 10.2. The first-order valence-corrected chi connectivity index (χ1v) is 6.52. The maximum atomic E-state index is 11.7. The van der Waals surface area contributed by atoms with Crippen LogP contribution in [0, 0.1) is 27.7 Å². The van der Waals surface area contributed by atoms with E-state index in [9.17, 15) is 9.90 Å². The molecule has 0 bridgehead atoms. The molecule has 20 heavy (non-hydrogen) atoms. The number of fused-ring (bicyclic) bond motifs is 1. The standard InChI is InChI=1S/C16H20O4/c1-7-8(2)10(4)13-12(9(7)3)14(20-16(13)18)11(5)15(17)19-6/h14,16,18H,5H2,1-4,6H3. The molecule has 2 rings (SSSR count). The van der Waals surface area contributed by atoms with Crippen LogP contribution in [0.2, 0.25) is 0 Å². The maximum absolute atomic E-state index is 11.7. The van der Waals surface area contributed by atoms with E-state index in [1.54, 1.807) is 0 Å². The van der Waals surface area contributed by atoms with Crippen molar-refractivity contribution in [2.75, 3.05) is 7.11 Å². The molecule has 1 heterocycles. The minimum absolute atomic E-state index is 0.205. The molecule has 0 saturated heterocycles. The summed E-state index contributed by atoms with van der Waals surface area (Å²) in [5.41, 5.74) is 6.09. The highest BCUT2D eigenvalue weighted by Gasteiger charge is 2.38. The monoisotopic (exact) mass is 276 g/mol. The van der Waals surface area contributed by atoms with Crippen molar-refractivity contribution in [1.29, 1.82) is 0 Å². The Morgan fingerprint density at radius 3 is 2.10 bits per heavy atom. The first-order valence-electron chi connectivity index (χ1n) is 6.52. The number of carbonyl (C=O) groups excluding carboxylic acids is 1. The van der Waals surface area contributed by atoms with Gasteiger partial charge in [0.1, 0.15) is 6.10 Å². The topological polar surface area (TPSA) is 55.8 Å². The molecule has 108 valence electrons.